The molecule has 0 bridgehead atoms. The van der Waals surface area contributed by atoms with E-state index in [1.807, 2.05) is 30.3 Å². The molecule has 29 heavy (non-hydrogen) atoms. The fraction of sp³-hybridized carbons (Fsp3) is 0.273. The van der Waals surface area contributed by atoms with Crippen molar-refractivity contribution in [1.29, 1.82) is 0 Å². The van der Waals surface area contributed by atoms with Gasteiger partial charge in [0.25, 0.3) is 5.91 Å². The first-order valence-electron chi connectivity index (χ1n) is 9.42. The summed E-state index contributed by atoms with van der Waals surface area (Å²) in [6, 6.07) is 11.0. The topological polar surface area (TPSA) is 112 Å². The molecule has 0 fully saturated rings. The van der Waals surface area contributed by atoms with Crippen molar-refractivity contribution in [2.45, 2.75) is 19.4 Å². The third kappa shape index (κ3) is 3.95. The van der Waals surface area contributed by atoms with Gasteiger partial charge in [0.15, 0.2) is 11.5 Å². The first-order valence-corrected chi connectivity index (χ1v) is 9.42. The Bertz CT molecular complexity index is 1040. The average Bonchev–Trinajstić information content (AvgIpc) is 2.76. The van der Waals surface area contributed by atoms with Crippen LogP contribution in [-0.4, -0.2) is 31.7 Å². The van der Waals surface area contributed by atoms with Gasteiger partial charge in [0, 0.05) is 23.8 Å². The molecule has 7 nitrogen and oxygen atoms in total. The molecule has 0 spiro atoms. The molecule has 0 radical (unpaired) electrons. The molecule has 5 N–H and O–H groups in total. The number of primary amides is 1. The second kappa shape index (κ2) is 8.79. The lowest BCUT2D eigenvalue weighted by Gasteiger charge is -2.23. The highest BCUT2D eigenvalue weighted by molar-refractivity contribution is 6.08. The number of pyridine rings is 1. The minimum absolute atomic E-state index is 0.178. The van der Waals surface area contributed by atoms with Crippen LogP contribution in [0.15, 0.2) is 42.6 Å². The molecule has 2 aromatic carbocycles. The number of fused-ring (bicyclic) bond motifs is 1. The van der Waals surface area contributed by atoms with Crippen LogP contribution in [0.4, 0.5) is 5.69 Å². The fourth-order valence-electron chi connectivity index (χ4n) is 3.42. The second-order valence-corrected chi connectivity index (χ2v) is 6.63. The Morgan fingerprint density at radius 1 is 1.17 bits per heavy atom. The number of nitrogens with one attached hydrogen (secondary N) is 1. The van der Waals surface area contributed by atoms with Crippen molar-refractivity contribution in [2.24, 2.45) is 11.5 Å². The summed E-state index contributed by atoms with van der Waals surface area (Å²) in [7, 11) is 3.20. The van der Waals surface area contributed by atoms with Crippen LogP contribution in [0.5, 0.6) is 11.5 Å². The zero-order chi connectivity index (χ0) is 21.0. The molecule has 7 heteroatoms. The van der Waals surface area contributed by atoms with Crippen LogP contribution in [0, 0.1) is 0 Å². The third-order valence-corrected chi connectivity index (χ3v) is 4.99. The zero-order valence-corrected chi connectivity index (χ0v) is 16.9. The molecule has 1 amide bonds. The Balaban J connectivity index is 2.10. The Hall–Kier alpha value is -3.32. The number of benzene rings is 2. The molecule has 1 heterocycles. The molecule has 0 saturated carbocycles. The lowest BCUT2D eigenvalue weighted by Crippen LogP contribution is -2.22. The van der Waals surface area contributed by atoms with E-state index in [-0.39, 0.29) is 6.04 Å². The number of amides is 1. The Morgan fingerprint density at radius 2 is 1.93 bits per heavy atom. The van der Waals surface area contributed by atoms with Gasteiger partial charge < -0.3 is 26.3 Å². The van der Waals surface area contributed by atoms with Crippen molar-refractivity contribution in [1.82, 2.24) is 4.98 Å². The smallest absolute Gasteiger partial charge is 0.250 e. The minimum Gasteiger partial charge on any atom is -0.493 e. The van der Waals surface area contributed by atoms with E-state index in [4.69, 9.17) is 20.9 Å². The maximum atomic E-state index is 11.8. The summed E-state index contributed by atoms with van der Waals surface area (Å²) in [5.41, 5.74) is 15.5. The number of aryl methyl sites for hydroxylation is 1. The van der Waals surface area contributed by atoms with E-state index in [0.717, 1.165) is 28.6 Å². The van der Waals surface area contributed by atoms with Gasteiger partial charge in [-0.05, 0) is 35.7 Å². The van der Waals surface area contributed by atoms with Crippen molar-refractivity contribution in [3.8, 4) is 11.5 Å². The first-order chi connectivity index (χ1) is 14.0. The Kier molecular flexibility index (Phi) is 6.19. The van der Waals surface area contributed by atoms with Gasteiger partial charge in [-0.15, -0.1) is 0 Å². The van der Waals surface area contributed by atoms with Crippen molar-refractivity contribution in [3.63, 3.8) is 0 Å². The summed E-state index contributed by atoms with van der Waals surface area (Å²) in [5.74, 6) is 0.784. The molecule has 3 aromatic rings. The summed E-state index contributed by atoms with van der Waals surface area (Å²) in [6.07, 6.45) is 2.55. The van der Waals surface area contributed by atoms with Crippen LogP contribution in [0.25, 0.3) is 10.9 Å². The molecule has 0 aliphatic carbocycles. The number of nitrogens with zero attached hydrogens (tertiary/aromatic N) is 1. The highest BCUT2D eigenvalue weighted by Gasteiger charge is 2.18. The summed E-state index contributed by atoms with van der Waals surface area (Å²) in [5, 5.41) is 4.38. The van der Waals surface area contributed by atoms with Crippen molar-refractivity contribution < 1.29 is 14.3 Å². The molecular weight excluding hydrogens is 368 g/mol. The zero-order valence-electron chi connectivity index (χ0n) is 16.9. The van der Waals surface area contributed by atoms with Crippen LogP contribution in [-0.2, 0) is 6.42 Å². The van der Waals surface area contributed by atoms with E-state index in [1.54, 1.807) is 26.5 Å². The van der Waals surface area contributed by atoms with Gasteiger partial charge >= 0.3 is 0 Å². The predicted molar refractivity (Wildman–Crippen MR) is 115 cm³/mol. The number of hydrogen-bond acceptors (Lipinski definition) is 6. The minimum atomic E-state index is -0.506. The van der Waals surface area contributed by atoms with Gasteiger partial charge in [0.1, 0.15) is 0 Å². The van der Waals surface area contributed by atoms with Crippen LogP contribution in [0.1, 0.15) is 34.5 Å². The number of anilines is 1. The normalized spacial score (nSPS) is 11.9. The number of carbonyl (C=O) groups is 1. The fourth-order valence-corrected chi connectivity index (χ4v) is 3.42. The number of para-hydroxylation sites is 1. The number of rotatable bonds is 8. The van der Waals surface area contributed by atoms with Crippen molar-refractivity contribution >= 4 is 22.5 Å². The van der Waals surface area contributed by atoms with Crippen LogP contribution >= 0.6 is 0 Å². The number of hydrogen-bond donors (Lipinski definition) is 3. The Labute approximate surface area is 170 Å². The summed E-state index contributed by atoms with van der Waals surface area (Å²) in [6.45, 7) is 2.41. The maximum Gasteiger partial charge on any atom is 0.250 e. The predicted octanol–water partition coefficient (Wildman–Crippen LogP) is 3.03. The Morgan fingerprint density at radius 3 is 2.55 bits per heavy atom. The van der Waals surface area contributed by atoms with E-state index >= 15 is 0 Å². The van der Waals surface area contributed by atoms with Gasteiger partial charge in [-0.3, -0.25) is 9.78 Å². The van der Waals surface area contributed by atoms with Gasteiger partial charge in [-0.25, -0.2) is 0 Å². The molecule has 1 unspecified atom stereocenters. The first kappa shape index (κ1) is 20.4. The molecule has 0 aliphatic heterocycles. The number of carbonyl (C=O) groups excluding carboxylic acids is 1. The van der Waals surface area contributed by atoms with Crippen LogP contribution in [0.3, 0.4) is 0 Å². The highest BCUT2D eigenvalue weighted by Crippen LogP contribution is 2.34. The number of nitrogens with two attached hydrogens (primary N) is 2. The van der Waals surface area contributed by atoms with E-state index < -0.39 is 5.91 Å². The summed E-state index contributed by atoms with van der Waals surface area (Å²) in [4.78, 5) is 16.3. The number of aromatic nitrogens is 1. The van der Waals surface area contributed by atoms with Gasteiger partial charge in [-0.1, -0.05) is 25.1 Å². The lowest BCUT2D eigenvalue weighted by molar-refractivity contribution is 0.100. The van der Waals surface area contributed by atoms with Crippen molar-refractivity contribution in [3.05, 3.63) is 59.3 Å². The monoisotopic (exact) mass is 394 g/mol. The van der Waals surface area contributed by atoms with Crippen molar-refractivity contribution in [2.75, 3.05) is 26.1 Å². The lowest BCUT2D eigenvalue weighted by atomic mass is 10.0. The molecule has 3 rings (SSSR count). The van der Waals surface area contributed by atoms with E-state index in [2.05, 4.69) is 17.2 Å². The van der Waals surface area contributed by atoms with Crippen LogP contribution in [0.2, 0.25) is 0 Å². The second-order valence-electron chi connectivity index (χ2n) is 6.63. The number of methoxy groups -OCH3 is 2. The SMILES string of the molecule is CCc1cnc2c(C(N)=O)cccc2c1NC(CN)c1ccc(OC)c(OC)c1. The molecule has 0 saturated heterocycles. The van der Waals surface area contributed by atoms with E-state index in [0.29, 0.717) is 29.1 Å². The highest BCUT2D eigenvalue weighted by atomic mass is 16.5. The molecular formula is C22H26N4O3. The molecule has 152 valence electrons. The van der Waals surface area contributed by atoms with Gasteiger partial charge in [-0.2, -0.15) is 0 Å². The van der Waals surface area contributed by atoms with E-state index in [9.17, 15) is 4.79 Å². The van der Waals surface area contributed by atoms with Crippen LogP contribution < -0.4 is 26.3 Å². The largest absolute Gasteiger partial charge is 0.493 e. The standard InChI is InChI=1S/C22H26N4O3/c1-4-13-12-25-21-15(6-5-7-16(21)22(24)27)20(13)26-17(11-23)14-8-9-18(28-2)19(10-14)29-3/h5-10,12,17H,4,11,23H2,1-3H3,(H2,24,27)(H,25,26). The summed E-state index contributed by atoms with van der Waals surface area (Å²) < 4.78 is 10.7. The molecule has 0 aliphatic rings. The number of ether oxygens (including phenoxy) is 2. The summed E-state index contributed by atoms with van der Waals surface area (Å²) >= 11 is 0. The van der Waals surface area contributed by atoms with Gasteiger partial charge in [0.2, 0.25) is 0 Å². The van der Waals surface area contributed by atoms with E-state index in [1.165, 1.54) is 0 Å². The van der Waals surface area contributed by atoms with Gasteiger partial charge in [0.05, 0.1) is 31.3 Å². The quantitative estimate of drug-likeness (QED) is 0.541. The third-order valence-electron chi connectivity index (χ3n) is 4.99. The maximum absolute atomic E-state index is 11.8. The average molecular weight is 394 g/mol. The molecule has 1 aromatic heterocycles. The molecule has 1 atom stereocenters.